The average molecular weight is 248 g/mol. The number of ether oxygens (including phenoxy) is 2. The lowest BCUT2D eigenvalue weighted by Gasteiger charge is -2.16. The predicted molar refractivity (Wildman–Crippen MR) is 67.7 cm³/mol. The van der Waals surface area contributed by atoms with E-state index in [-0.39, 0.29) is 17.4 Å². The molecule has 0 atom stereocenters. The first-order valence-corrected chi connectivity index (χ1v) is 6.12. The second kappa shape index (κ2) is 9.44. The highest BCUT2D eigenvalue weighted by atomic mass is 32.2. The van der Waals surface area contributed by atoms with Crippen LogP contribution < -0.4 is 11.5 Å². The molecule has 0 radical (unpaired) electrons. The van der Waals surface area contributed by atoms with Gasteiger partial charge in [-0.2, -0.15) is 4.99 Å². The van der Waals surface area contributed by atoms with E-state index in [9.17, 15) is 0 Å². The van der Waals surface area contributed by atoms with Gasteiger partial charge in [-0.1, -0.05) is 11.8 Å². The summed E-state index contributed by atoms with van der Waals surface area (Å²) >= 11 is 1.26. The zero-order valence-corrected chi connectivity index (χ0v) is 10.5. The fourth-order valence-electron chi connectivity index (χ4n) is 0.988. The van der Waals surface area contributed by atoms with Crippen LogP contribution in [0.2, 0.25) is 0 Å². The maximum Gasteiger partial charge on any atom is 0.193 e. The second-order valence-corrected chi connectivity index (χ2v) is 3.90. The van der Waals surface area contributed by atoms with Gasteiger partial charge < -0.3 is 20.9 Å². The molecular weight excluding hydrogens is 228 g/mol. The first kappa shape index (κ1) is 15.2. The summed E-state index contributed by atoms with van der Waals surface area (Å²) in [5, 5.41) is 7.50. The Kier molecular flexibility index (Phi) is 8.97. The Bertz CT molecular complexity index is 226. The van der Waals surface area contributed by atoms with Crippen molar-refractivity contribution in [1.29, 1.82) is 5.41 Å². The Morgan fingerprint density at radius 3 is 2.31 bits per heavy atom. The van der Waals surface area contributed by atoms with Crippen molar-refractivity contribution in [2.75, 3.05) is 19.0 Å². The summed E-state index contributed by atoms with van der Waals surface area (Å²) in [6.45, 7) is 5.06. The Balaban J connectivity index is 3.76. The lowest BCUT2D eigenvalue weighted by atomic mass is 10.5. The molecule has 0 saturated carbocycles. The molecule has 0 heterocycles. The van der Waals surface area contributed by atoms with E-state index in [1.165, 1.54) is 11.8 Å². The predicted octanol–water partition coefficient (Wildman–Crippen LogP) is 0.717. The summed E-state index contributed by atoms with van der Waals surface area (Å²) in [6.07, 6.45) is 0.490. The molecule has 0 aliphatic rings. The van der Waals surface area contributed by atoms with Crippen molar-refractivity contribution in [3.8, 4) is 0 Å². The van der Waals surface area contributed by atoms with Crippen LogP contribution >= 0.6 is 11.8 Å². The highest BCUT2D eigenvalue weighted by Gasteiger charge is 2.08. The van der Waals surface area contributed by atoms with Gasteiger partial charge in [0.1, 0.15) is 0 Å². The zero-order chi connectivity index (χ0) is 12.4. The first-order valence-electron chi connectivity index (χ1n) is 5.14. The molecule has 0 aromatic rings. The van der Waals surface area contributed by atoms with E-state index in [4.69, 9.17) is 26.4 Å². The molecule has 0 aromatic carbocycles. The van der Waals surface area contributed by atoms with E-state index in [0.717, 1.165) is 0 Å². The van der Waals surface area contributed by atoms with Gasteiger partial charge in [0.2, 0.25) is 0 Å². The average Bonchev–Trinajstić information content (AvgIpc) is 2.17. The Labute approximate surface area is 100 Å². The van der Waals surface area contributed by atoms with Gasteiger partial charge in [0.05, 0.1) is 0 Å². The van der Waals surface area contributed by atoms with Crippen molar-refractivity contribution in [2.45, 2.75) is 26.6 Å². The smallest absolute Gasteiger partial charge is 0.193 e. The molecule has 0 aliphatic carbocycles. The van der Waals surface area contributed by atoms with E-state index in [1.54, 1.807) is 0 Å². The van der Waals surface area contributed by atoms with E-state index in [0.29, 0.717) is 25.4 Å². The minimum absolute atomic E-state index is 0.0938. The van der Waals surface area contributed by atoms with Gasteiger partial charge in [0.25, 0.3) is 0 Å². The van der Waals surface area contributed by atoms with Crippen LogP contribution in [0.3, 0.4) is 0 Å². The number of amidine groups is 1. The number of hydrogen-bond acceptors (Lipinski definition) is 4. The van der Waals surface area contributed by atoms with Crippen molar-refractivity contribution in [3.05, 3.63) is 0 Å². The number of aliphatic imine (C=N–C) groups is 1. The van der Waals surface area contributed by atoms with Gasteiger partial charge in [0, 0.05) is 25.4 Å². The summed E-state index contributed by atoms with van der Waals surface area (Å²) in [7, 11) is 0. The SMILES string of the molecule is CCOC(CCSC(=N)N=C(N)N)OCC. The molecule has 0 bridgehead atoms. The molecule has 0 aliphatic heterocycles. The molecule has 0 saturated heterocycles. The van der Waals surface area contributed by atoms with Crippen molar-refractivity contribution in [2.24, 2.45) is 16.5 Å². The number of nitrogens with two attached hydrogens (primary N) is 2. The van der Waals surface area contributed by atoms with Crippen LogP contribution in [-0.4, -0.2) is 36.4 Å². The normalized spacial score (nSPS) is 10.4. The molecule has 0 aromatic heterocycles. The number of nitrogens with zero attached hydrogens (tertiary/aromatic N) is 1. The lowest BCUT2D eigenvalue weighted by Crippen LogP contribution is -2.23. The summed E-state index contributed by atoms with van der Waals surface area (Å²) < 4.78 is 10.7. The fraction of sp³-hybridized carbons (Fsp3) is 0.778. The lowest BCUT2D eigenvalue weighted by molar-refractivity contribution is -0.136. The zero-order valence-electron chi connectivity index (χ0n) is 9.73. The van der Waals surface area contributed by atoms with Crippen LogP contribution in [0.1, 0.15) is 20.3 Å². The molecule has 6 nitrogen and oxygen atoms in total. The van der Waals surface area contributed by atoms with Gasteiger partial charge in [0.15, 0.2) is 17.4 Å². The van der Waals surface area contributed by atoms with Crippen LogP contribution in [0.5, 0.6) is 0 Å². The topological polar surface area (TPSA) is 107 Å². The summed E-state index contributed by atoms with van der Waals surface area (Å²) in [5.41, 5.74) is 10.3. The highest BCUT2D eigenvalue weighted by Crippen LogP contribution is 2.10. The number of guanidine groups is 1. The largest absolute Gasteiger partial charge is 0.370 e. The quantitative estimate of drug-likeness (QED) is 0.349. The van der Waals surface area contributed by atoms with E-state index < -0.39 is 0 Å². The fourth-order valence-corrected chi connectivity index (χ4v) is 1.66. The maximum atomic E-state index is 7.40. The molecule has 0 rings (SSSR count). The van der Waals surface area contributed by atoms with Gasteiger partial charge in [-0.25, -0.2) is 0 Å². The Morgan fingerprint density at radius 2 is 1.88 bits per heavy atom. The number of hydrogen-bond donors (Lipinski definition) is 3. The number of rotatable bonds is 7. The molecule has 16 heavy (non-hydrogen) atoms. The van der Waals surface area contributed by atoms with Crippen LogP contribution in [0, 0.1) is 5.41 Å². The number of thioether (sulfide) groups is 1. The third-order valence-corrected chi connectivity index (χ3v) is 2.33. The van der Waals surface area contributed by atoms with Crippen molar-refractivity contribution < 1.29 is 9.47 Å². The molecule has 7 heteroatoms. The standard InChI is InChI=1S/C9H20N4O2S/c1-3-14-7(15-4-2)5-6-16-9(12)13-8(10)11/h7H,3-6H2,1-2H3,(H5,10,11,12,13). The minimum atomic E-state index is -0.213. The van der Waals surface area contributed by atoms with Gasteiger partial charge >= 0.3 is 0 Å². The number of nitrogens with one attached hydrogen (secondary N) is 1. The van der Waals surface area contributed by atoms with Crippen molar-refractivity contribution in [1.82, 2.24) is 0 Å². The van der Waals surface area contributed by atoms with E-state index in [1.807, 2.05) is 13.8 Å². The van der Waals surface area contributed by atoms with Crippen LogP contribution in [0.15, 0.2) is 4.99 Å². The minimum Gasteiger partial charge on any atom is -0.370 e. The molecule has 0 spiro atoms. The Morgan fingerprint density at radius 1 is 1.31 bits per heavy atom. The summed E-state index contributed by atoms with van der Waals surface area (Å²) in [5.74, 6) is 0.587. The van der Waals surface area contributed by atoms with E-state index >= 15 is 0 Å². The van der Waals surface area contributed by atoms with Gasteiger partial charge in [-0.3, -0.25) is 5.41 Å². The van der Waals surface area contributed by atoms with Crippen LogP contribution in [0.25, 0.3) is 0 Å². The summed E-state index contributed by atoms with van der Waals surface area (Å²) in [4.78, 5) is 3.60. The van der Waals surface area contributed by atoms with Gasteiger partial charge in [-0.15, -0.1) is 0 Å². The highest BCUT2D eigenvalue weighted by molar-refractivity contribution is 8.13. The molecule has 94 valence electrons. The van der Waals surface area contributed by atoms with Crippen LogP contribution in [-0.2, 0) is 9.47 Å². The van der Waals surface area contributed by atoms with Crippen molar-refractivity contribution in [3.63, 3.8) is 0 Å². The Hall–Kier alpha value is -0.790. The molecule has 0 amide bonds. The van der Waals surface area contributed by atoms with Crippen LogP contribution in [0.4, 0.5) is 0 Å². The summed E-state index contributed by atoms with van der Waals surface area (Å²) in [6, 6.07) is 0. The molecule has 0 fully saturated rings. The molecule has 0 unspecified atom stereocenters. The van der Waals surface area contributed by atoms with Crippen molar-refractivity contribution >= 4 is 22.9 Å². The monoisotopic (exact) mass is 248 g/mol. The molecule has 5 N–H and O–H groups in total. The maximum absolute atomic E-state index is 7.40. The van der Waals surface area contributed by atoms with E-state index in [2.05, 4.69) is 4.99 Å². The third kappa shape index (κ3) is 8.51. The molecular formula is C9H20N4O2S. The second-order valence-electron chi connectivity index (χ2n) is 2.82. The third-order valence-electron chi connectivity index (χ3n) is 1.53. The van der Waals surface area contributed by atoms with Gasteiger partial charge in [-0.05, 0) is 13.8 Å². The first-order chi connectivity index (χ1) is 7.60.